The van der Waals surface area contributed by atoms with Gasteiger partial charge in [-0.3, -0.25) is 9.69 Å². The third-order valence-electron chi connectivity index (χ3n) is 6.15. The molecule has 0 amide bonds. The lowest BCUT2D eigenvalue weighted by Gasteiger charge is -2.24. The minimum Gasteiger partial charge on any atom is -0.467 e. The van der Waals surface area contributed by atoms with Gasteiger partial charge < -0.3 is 23.6 Å². The van der Waals surface area contributed by atoms with Gasteiger partial charge in [-0.2, -0.15) is 0 Å². The summed E-state index contributed by atoms with van der Waals surface area (Å²) in [5.74, 6) is 2.78. The Morgan fingerprint density at radius 1 is 1.18 bits per heavy atom. The molecule has 6 rings (SSSR count). The van der Waals surface area contributed by atoms with Crippen molar-refractivity contribution in [2.75, 3.05) is 19.9 Å². The van der Waals surface area contributed by atoms with Crippen molar-refractivity contribution in [3.8, 4) is 11.5 Å². The number of hydrogen-bond acceptors (Lipinski definition) is 9. The Morgan fingerprint density at radius 3 is 2.91 bits per heavy atom. The standard InChI is InChI=1S/C23H24N6O5/c30-23-16(7-15-8-20-21(34-14-33-20)9-19(15)24-23)10-28(11-17-3-1-5-31-17)13-22-25-26-27-29(22)12-18-4-2-6-32-18/h2,4,6-9,17H,1,3,5,10-14H2,(H,24,30). The van der Waals surface area contributed by atoms with E-state index in [0.717, 1.165) is 30.6 Å². The molecular formula is C23H24N6O5. The first-order valence-corrected chi connectivity index (χ1v) is 11.3. The van der Waals surface area contributed by atoms with Crippen molar-refractivity contribution in [2.45, 2.75) is 38.6 Å². The van der Waals surface area contributed by atoms with E-state index in [1.165, 1.54) is 0 Å². The molecule has 4 aromatic rings. The number of H-pyrrole nitrogens is 1. The maximum absolute atomic E-state index is 12.9. The molecule has 1 aromatic carbocycles. The molecule has 34 heavy (non-hydrogen) atoms. The molecule has 176 valence electrons. The van der Waals surface area contributed by atoms with Crippen molar-refractivity contribution in [3.05, 3.63) is 64.1 Å². The van der Waals surface area contributed by atoms with Crippen LogP contribution in [0.4, 0.5) is 0 Å². The smallest absolute Gasteiger partial charge is 0.252 e. The van der Waals surface area contributed by atoms with Crippen LogP contribution in [0.25, 0.3) is 10.9 Å². The zero-order chi connectivity index (χ0) is 22.9. The highest BCUT2D eigenvalue weighted by atomic mass is 16.7. The Kier molecular flexibility index (Phi) is 5.47. The van der Waals surface area contributed by atoms with Gasteiger partial charge in [0.1, 0.15) is 12.3 Å². The summed E-state index contributed by atoms with van der Waals surface area (Å²) in [5.41, 5.74) is 1.22. The number of fused-ring (bicyclic) bond motifs is 2. The lowest BCUT2D eigenvalue weighted by atomic mass is 10.1. The number of nitrogens with one attached hydrogen (secondary N) is 1. The second kappa shape index (κ2) is 8.92. The van der Waals surface area contributed by atoms with Crippen LogP contribution in [0.5, 0.6) is 11.5 Å². The molecule has 1 atom stereocenters. The van der Waals surface area contributed by atoms with E-state index in [2.05, 4.69) is 25.4 Å². The van der Waals surface area contributed by atoms with E-state index in [4.69, 9.17) is 18.6 Å². The van der Waals surface area contributed by atoms with E-state index in [1.807, 2.05) is 24.3 Å². The molecule has 0 saturated carbocycles. The molecule has 1 unspecified atom stereocenters. The molecule has 0 bridgehead atoms. The fraction of sp³-hybridized carbons (Fsp3) is 0.391. The summed E-state index contributed by atoms with van der Waals surface area (Å²) in [7, 11) is 0. The Balaban J connectivity index is 1.27. The number of rotatable bonds is 8. The van der Waals surface area contributed by atoms with Crippen molar-refractivity contribution >= 4 is 10.9 Å². The highest BCUT2D eigenvalue weighted by Crippen LogP contribution is 2.35. The number of tetrazole rings is 1. The first-order chi connectivity index (χ1) is 16.7. The van der Waals surface area contributed by atoms with Gasteiger partial charge in [-0.05, 0) is 47.5 Å². The van der Waals surface area contributed by atoms with Gasteiger partial charge in [0.2, 0.25) is 6.79 Å². The van der Waals surface area contributed by atoms with Crippen LogP contribution < -0.4 is 15.0 Å². The van der Waals surface area contributed by atoms with E-state index in [1.54, 1.807) is 17.0 Å². The molecule has 1 fully saturated rings. The number of benzene rings is 1. The lowest BCUT2D eigenvalue weighted by molar-refractivity contribution is 0.0663. The van der Waals surface area contributed by atoms with Crippen molar-refractivity contribution in [3.63, 3.8) is 0 Å². The molecular weight excluding hydrogens is 440 g/mol. The quantitative estimate of drug-likeness (QED) is 0.418. The van der Waals surface area contributed by atoms with Gasteiger partial charge >= 0.3 is 0 Å². The topological polar surface area (TPSA) is 121 Å². The number of aromatic amines is 1. The summed E-state index contributed by atoms with van der Waals surface area (Å²) in [6.07, 6.45) is 3.77. The van der Waals surface area contributed by atoms with E-state index < -0.39 is 0 Å². The Morgan fingerprint density at radius 2 is 2.09 bits per heavy atom. The van der Waals surface area contributed by atoms with Crippen LogP contribution in [0.2, 0.25) is 0 Å². The van der Waals surface area contributed by atoms with Crippen LogP contribution in [-0.2, 0) is 24.4 Å². The van der Waals surface area contributed by atoms with E-state index >= 15 is 0 Å². The van der Waals surface area contributed by atoms with Crippen molar-refractivity contribution in [2.24, 2.45) is 0 Å². The largest absolute Gasteiger partial charge is 0.467 e. The van der Waals surface area contributed by atoms with Gasteiger partial charge in [-0.25, -0.2) is 4.68 Å². The van der Waals surface area contributed by atoms with E-state index in [0.29, 0.717) is 54.6 Å². The van der Waals surface area contributed by atoms with Crippen LogP contribution >= 0.6 is 0 Å². The second-order valence-corrected chi connectivity index (χ2v) is 8.55. The molecule has 0 radical (unpaired) electrons. The molecule has 11 nitrogen and oxygen atoms in total. The predicted octanol–water partition coefficient (Wildman–Crippen LogP) is 2.07. The highest BCUT2D eigenvalue weighted by molar-refractivity contribution is 5.83. The number of nitrogens with zero attached hydrogens (tertiary/aromatic N) is 5. The summed E-state index contributed by atoms with van der Waals surface area (Å²) < 4.78 is 24.0. The Bertz CT molecular complexity index is 1340. The maximum Gasteiger partial charge on any atom is 0.252 e. The predicted molar refractivity (Wildman–Crippen MR) is 119 cm³/mol. The monoisotopic (exact) mass is 464 g/mol. The number of pyridine rings is 1. The molecule has 1 N–H and O–H groups in total. The third-order valence-corrected chi connectivity index (χ3v) is 6.15. The summed E-state index contributed by atoms with van der Waals surface area (Å²) in [6.45, 7) is 2.95. The van der Waals surface area contributed by atoms with Crippen LogP contribution in [-0.4, -0.2) is 56.1 Å². The molecule has 0 spiro atoms. The van der Waals surface area contributed by atoms with Crippen molar-refractivity contribution < 1.29 is 18.6 Å². The number of furan rings is 1. The van der Waals surface area contributed by atoms with Crippen LogP contribution in [0.1, 0.15) is 30.0 Å². The normalized spacial score (nSPS) is 17.3. The van der Waals surface area contributed by atoms with Crippen LogP contribution in [0.15, 0.2) is 45.8 Å². The summed E-state index contributed by atoms with van der Waals surface area (Å²) in [6, 6.07) is 9.32. The average molecular weight is 464 g/mol. The van der Waals surface area contributed by atoms with Crippen LogP contribution in [0, 0.1) is 0 Å². The highest BCUT2D eigenvalue weighted by Gasteiger charge is 2.23. The van der Waals surface area contributed by atoms with Crippen LogP contribution in [0.3, 0.4) is 0 Å². The number of ether oxygens (including phenoxy) is 3. The fourth-order valence-corrected chi connectivity index (χ4v) is 4.47. The molecule has 11 heteroatoms. The minimum absolute atomic E-state index is 0.114. The average Bonchev–Trinajstić information content (AvgIpc) is 3.63. The van der Waals surface area contributed by atoms with Gasteiger partial charge in [0.05, 0.1) is 24.4 Å². The SMILES string of the molecule is O=c1[nH]c2cc3c(cc2cc1CN(Cc1nnnn1Cc1ccco1)CC1CCCO1)OCO3. The third kappa shape index (κ3) is 4.27. The molecule has 5 heterocycles. The lowest BCUT2D eigenvalue weighted by Crippen LogP contribution is -2.34. The molecule has 2 aliphatic rings. The summed E-state index contributed by atoms with van der Waals surface area (Å²) in [5, 5.41) is 13.1. The van der Waals surface area contributed by atoms with Gasteiger partial charge in [0.25, 0.3) is 5.56 Å². The Hall–Kier alpha value is -3.70. The molecule has 1 saturated heterocycles. The maximum atomic E-state index is 12.9. The van der Waals surface area contributed by atoms with E-state index in [9.17, 15) is 4.79 Å². The molecule has 2 aliphatic heterocycles. The minimum atomic E-state index is -0.140. The zero-order valence-electron chi connectivity index (χ0n) is 18.5. The van der Waals surface area contributed by atoms with Gasteiger partial charge in [0, 0.05) is 36.7 Å². The van der Waals surface area contributed by atoms with Crippen molar-refractivity contribution in [1.29, 1.82) is 0 Å². The summed E-state index contributed by atoms with van der Waals surface area (Å²) in [4.78, 5) is 18.1. The number of hydrogen-bond donors (Lipinski definition) is 1. The molecule has 0 aliphatic carbocycles. The first kappa shape index (κ1) is 20.9. The fourth-order valence-electron chi connectivity index (χ4n) is 4.47. The Labute approximate surface area is 194 Å². The van der Waals surface area contributed by atoms with E-state index in [-0.39, 0.29) is 18.5 Å². The summed E-state index contributed by atoms with van der Waals surface area (Å²) >= 11 is 0. The second-order valence-electron chi connectivity index (χ2n) is 8.55. The zero-order valence-corrected chi connectivity index (χ0v) is 18.5. The molecule has 3 aromatic heterocycles. The number of aromatic nitrogens is 5. The van der Waals surface area contributed by atoms with Crippen molar-refractivity contribution in [1.82, 2.24) is 30.1 Å². The first-order valence-electron chi connectivity index (χ1n) is 11.3. The van der Waals surface area contributed by atoms with Gasteiger partial charge in [-0.1, -0.05) is 0 Å². The van der Waals surface area contributed by atoms with Gasteiger partial charge in [0.15, 0.2) is 17.3 Å². The van der Waals surface area contributed by atoms with Gasteiger partial charge in [-0.15, -0.1) is 5.10 Å².